The van der Waals surface area contributed by atoms with Crippen molar-refractivity contribution in [3.63, 3.8) is 0 Å². The molecule has 190 valence electrons. The predicted molar refractivity (Wildman–Crippen MR) is 148 cm³/mol. The Morgan fingerprint density at radius 1 is 0.562 bits per heavy atom. The van der Waals surface area contributed by atoms with Crippen molar-refractivity contribution in [3.05, 3.63) is 0 Å². The third-order valence-corrected chi connectivity index (χ3v) is 10.5. The maximum absolute atomic E-state index is 12.4. The summed E-state index contributed by atoms with van der Waals surface area (Å²) in [4.78, 5) is 0. The smallest absolute Gasteiger partial charge is 0.310 e. The normalized spacial score (nSPS) is 13.1. The standard InChI is InChI=1S/C26H55O2PS2.Zn/c1-3-5-7-9-11-13-15-17-19-21-23-25-28-29(27,30)31-26-24-22-20-18-16-14-12-10-8-6-4-2;/h3-26H2,1-2H3,(H,27,30);. The van der Waals surface area contributed by atoms with Gasteiger partial charge in [0.05, 0.1) is 6.61 Å². The van der Waals surface area contributed by atoms with Crippen LogP contribution in [0, 0.1) is 0 Å². The van der Waals surface area contributed by atoms with Crippen molar-refractivity contribution in [2.75, 3.05) is 12.4 Å². The van der Waals surface area contributed by atoms with Gasteiger partial charge in [-0.1, -0.05) is 166 Å². The summed E-state index contributed by atoms with van der Waals surface area (Å²) in [5, 5.41) is 0. The van der Waals surface area contributed by atoms with Crippen molar-refractivity contribution >= 4 is 29.4 Å². The van der Waals surface area contributed by atoms with Crippen molar-refractivity contribution in [1.29, 1.82) is 0 Å². The monoisotopic (exact) mass is 558 g/mol. The maximum Gasteiger partial charge on any atom is 0.310 e. The number of hydrogen-bond donors (Lipinski definition) is 1. The first-order valence-corrected chi connectivity index (χ1v) is 18.1. The Morgan fingerprint density at radius 3 is 1.25 bits per heavy atom. The summed E-state index contributed by atoms with van der Waals surface area (Å²) in [6, 6.07) is 0. The molecule has 2 nitrogen and oxygen atoms in total. The van der Waals surface area contributed by atoms with Gasteiger partial charge in [0, 0.05) is 25.2 Å². The third kappa shape index (κ3) is 29.5. The van der Waals surface area contributed by atoms with Crippen LogP contribution < -0.4 is 0 Å². The Kier molecular flexibility index (Phi) is 32.0. The molecule has 0 aliphatic carbocycles. The zero-order chi connectivity index (χ0) is 22.9. The zero-order valence-corrected chi connectivity index (χ0v) is 27.4. The summed E-state index contributed by atoms with van der Waals surface area (Å²) < 4.78 is 18.0. The molecule has 0 rings (SSSR count). The number of hydrogen-bond acceptors (Lipinski definition) is 3. The molecule has 0 radical (unpaired) electrons. The first-order valence-electron chi connectivity index (χ1n) is 13.7. The molecule has 0 aromatic rings. The van der Waals surface area contributed by atoms with E-state index in [1.54, 1.807) is 0 Å². The molecule has 0 N–H and O–H groups in total. The van der Waals surface area contributed by atoms with E-state index in [1.165, 1.54) is 140 Å². The van der Waals surface area contributed by atoms with Gasteiger partial charge in [-0.05, 0) is 12.8 Å². The van der Waals surface area contributed by atoms with Crippen LogP contribution >= 0.6 is 29.4 Å². The predicted octanol–water partition coefficient (Wildman–Crippen LogP) is 11.4. The van der Waals surface area contributed by atoms with E-state index in [-0.39, 0.29) is 19.5 Å². The largest absolute Gasteiger partial charge is 0.314 e. The SMILES string of the molecule is CCCCCCCCCCCCCOP(=O)(S)SCCCCCCCCCCCCC.[Zn]. The summed E-state index contributed by atoms with van der Waals surface area (Å²) >= 11 is 5.73. The summed E-state index contributed by atoms with van der Waals surface area (Å²) in [6.45, 7) is 5.15. The van der Waals surface area contributed by atoms with E-state index in [0.29, 0.717) is 6.61 Å². The molecular weight excluding hydrogens is 505 g/mol. The molecule has 6 heteroatoms. The van der Waals surface area contributed by atoms with Gasteiger partial charge in [-0.25, -0.2) is 0 Å². The Morgan fingerprint density at radius 2 is 0.875 bits per heavy atom. The van der Waals surface area contributed by atoms with Crippen LogP contribution in [0.5, 0.6) is 0 Å². The second-order valence-electron chi connectivity index (χ2n) is 9.21. The molecule has 0 saturated carbocycles. The summed E-state index contributed by atoms with van der Waals surface area (Å²) in [5.74, 6) is -1.83. The van der Waals surface area contributed by atoms with Crippen LogP contribution in [0.25, 0.3) is 0 Å². The molecule has 32 heavy (non-hydrogen) atoms. The summed E-state index contributed by atoms with van der Waals surface area (Å²) in [7, 11) is 0. The summed E-state index contributed by atoms with van der Waals surface area (Å²) in [5.41, 5.74) is 0. The van der Waals surface area contributed by atoms with E-state index in [9.17, 15) is 4.57 Å². The Labute approximate surface area is 224 Å². The second kappa shape index (κ2) is 28.7. The summed E-state index contributed by atoms with van der Waals surface area (Å²) in [6.07, 6.45) is 29.3. The maximum atomic E-state index is 12.4. The van der Waals surface area contributed by atoms with Gasteiger partial charge < -0.3 is 4.52 Å². The molecular formula is C26H55O2PS2Zn. The van der Waals surface area contributed by atoms with E-state index < -0.39 is 5.77 Å². The topological polar surface area (TPSA) is 26.3 Å². The van der Waals surface area contributed by atoms with Crippen molar-refractivity contribution in [1.82, 2.24) is 0 Å². The van der Waals surface area contributed by atoms with E-state index >= 15 is 0 Å². The molecule has 1 atom stereocenters. The van der Waals surface area contributed by atoms with Gasteiger partial charge in [-0.2, -0.15) is 0 Å². The molecule has 1 unspecified atom stereocenters. The Bertz CT molecular complexity index is 368. The minimum absolute atomic E-state index is 0. The van der Waals surface area contributed by atoms with Gasteiger partial charge in [0.1, 0.15) is 0 Å². The van der Waals surface area contributed by atoms with E-state index in [4.69, 9.17) is 4.52 Å². The number of thiol groups is 1. The van der Waals surface area contributed by atoms with Crippen LogP contribution in [0.4, 0.5) is 0 Å². The quantitative estimate of drug-likeness (QED) is 0.0494. The van der Waals surface area contributed by atoms with Gasteiger partial charge in [0.25, 0.3) is 0 Å². The van der Waals surface area contributed by atoms with E-state index in [1.807, 2.05) is 0 Å². The van der Waals surface area contributed by atoms with Gasteiger partial charge in [-0.3, -0.25) is 4.57 Å². The number of unbranched alkanes of at least 4 members (excludes halogenated alkanes) is 20. The second-order valence-corrected chi connectivity index (χ2v) is 15.7. The molecule has 0 saturated heterocycles. The molecule has 0 bridgehead atoms. The molecule has 0 aliphatic heterocycles. The van der Waals surface area contributed by atoms with Gasteiger partial charge in [-0.15, -0.1) is 0 Å². The van der Waals surface area contributed by atoms with Crippen molar-refractivity contribution < 1.29 is 28.6 Å². The van der Waals surface area contributed by atoms with Gasteiger partial charge in [0.15, 0.2) is 0 Å². The van der Waals surface area contributed by atoms with Crippen LogP contribution in [0.1, 0.15) is 155 Å². The Balaban J connectivity index is 0. The molecule has 0 fully saturated rings. The fourth-order valence-electron chi connectivity index (χ4n) is 3.93. The zero-order valence-electron chi connectivity index (χ0n) is 21.8. The van der Waals surface area contributed by atoms with Gasteiger partial charge in [0.2, 0.25) is 0 Å². The molecule has 0 heterocycles. The minimum Gasteiger partial charge on any atom is -0.314 e. The fourth-order valence-corrected chi connectivity index (χ4v) is 7.43. The van der Waals surface area contributed by atoms with E-state index in [0.717, 1.165) is 18.6 Å². The molecule has 0 amide bonds. The van der Waals surface area contributed by atoms with Crippen LogP contribution in [-0.4, -0.2) is 12.4 Å². The molecule has 0 aliphatic rings. The molecule has 0 aromatic heterocycles. The van der Waals surface area contributed by atoms with E-state index in [2.05, 4.69) is 26.1 Å². The molecule has 0 aromatic carbocycles. The number of rotatable bonds is 26. The van der Waals surface area contributed by atoms with Gasteiger partial charge >= 0.3 is 5.77 Å². The van der Waals surface area contributed by atoms with Crippen molar-refractivity contribution in [3.8, 4) is 0 Å². The van der Waals surface area contributed by atoms with Crippen LogP contribution in [0.15, 0.2) is 0 Å². The average Bonchev–Trinajstić information content (AvgIpc) is 2.75. The first kappa shape index (κ1) is 35.7. The van der Waals surface area contributed by atoms with Crippen LogP contribution in [0.3, 0.4) is 0 Å². The fraction of sp³-hybridized carbons (Fsp3) is 1.00. The average molecular weight is 560 g/mol. The third-order valence-electron chi connectivity index (χ3n) is 6.00. The minimum atomic E-state index is -2.74. The molecule has 0 spiro atoms. The first-order chi connectivity index (χ1) is 15.1. The Hall–Kier alpha value is 1.51. The van der Waals surface area contributed by atoms with Crippen molar-refractivity contribution in [2.24, 2.45) is 0 Å². The van der Waals surface area contributed by atoms with Crippen LogP contribution in [0.2, 0.25) is 0 Å². The van der Waals surface area contributed by atoms with Crippen LogP contribution in [-0.2, 0) is 28.6 Å². The van der Waals surface area contributed by atoms with Crippen molar-refractivity contribution in [2.45, 2.75) is 155 Å².